The minimum Gasteiger partial charge on any atom is -0.341 e. The monoisotopic (exact) mass is 295 g/mol. The van der Waals surface area contributed by atoms with Crippen LogP contribution in [0, 0.1) is 11.8 Å². The molecule has 5 heteroatoms. The summed E-state index contributed by atoms with van der Waals surface area (Å²) < 4.78 is 0. The molecule has 0 bridgehead atoms. The molecule has 2 aliphatic rings. The summed E-state index contributed by atoms with van der Waals surface area (Å²) in [6, 6.07) is -0.0679. The van der Waals surface area contributed by atoms with Crippen molar-refractivity contribution in [3.63, 3.8) is 0 Å². The third-order valence-electron chi connectivity index (χ3n) is 5.06. The Labute approximate surface area is 127 Å². The fraction of sp³-hybridized carbons (Fsp3) is 0.875. The van der Waals surface area contributed by atoms with E-state index >= 15 is 0 Å². The van der Waals surface area contributed by atoms with Gasteiger partial charge in [0.25, 0.3) is 0 Å². The van der Waals surface area contributed by atoms with E-state index in [0.717, 1.165) is 19.4 Å². The number of nitrogens with zero attached hydrogens (tertiary/aromatic N) is 1. The Bertz CT molecular complexity index is 373. The minimum absolute atomic E-state index is 0.0893. The molecule has 0 aromatic carbocycles. The van der Waals surface area contributed by atoms with E-state index in [1.165, 1.54) is 25.7 Å². The Morgan fingerprint density at radius 3 is 2.62 bits per heavy atom. The van der Waals surface area contributed by atoms with E-state index in [2.05, 4.69) is 17.6 Å². The van der Waals surface area contributed by atoms with Crippen molar-refractivity contribution in [2.45, 2.75) is 57.9 Å². The maximum absolute atomic E-state index is 12.5. The van der Waals surface area contributed by atoms with Crippen molar-refractivity contribution in [2.24, 2.45) is 11.8 Å². The van der Waals surface area contributed by atoms with Crippen molar-refractivity contribution in [3.8, 4) is 0 Å². The highest BCUT2D eigenvalue weighted by Gasteiger charge is 2.29. The third-order valence-corrected chi connectivity index (χ3v) is 5.06. The number of hydrogen-bond acceptors (Lipinski definition) is 2. The number of rotatable bonds is 3. The first-order valence-electron chi connectivity index (χ1n) is 8.36. The van der Waals surface area contributed by atoms with Gasteiger partial charge in [-0.2, -0.15) is 0 Å². The first kappa shape index (κ1) is 16.1. The summed E-state index contributed by atoms with van der Waals surface area (Å²) in [6.07, 6.45) is 7.65. The van der Waals surface area contributed by atoms with Crippen LogP contribution in [-0.2, 0) is 4.79 Å². The summed E-state index contributed by atoms with van der Waals surface area (Å²) in [4.78, 5) is 25.9. The fourth-order valence-corrected chi connectivity index (χ4v) is 3.63. The first-order chi connectivity index (χ1) is 10.1. The van der Waals surface area contributed by atoms with E-state index in [1.807, 2.05) is 4.90 Å². The van der Waals surface area contributed by atoms with Crippen LogP contribution in [0.4, 0.5) is 4.79 Å². The van der Waals surface area contributed by atoms with Crippen LogP contribution >= 0.6 is 0 Å². The number of urea groups is 1. The van der Waals surface area contributed by atoms with Crippen LogP contribution in [0.2, 0.25) is 0 Å². The van der Waals surface area contributed by atoms with E-state index in [1.54, 1.807) is 7.05 Å². The zero-order valence-electron chi connectivity index (χ0n) is 13.4. The van der Waals surface area contributed by atoms with Crippen molar-refractivity contribution in [1.82, 2.24) is 15.5 Å². The van der Waals surface area contributed by atoms with E-state index in [9.17, 15) is 9.59 Å². The maximum atomic E-state index is 12.5. The molecule has 0 aromatic rings. The van der Waals surface area contributed by atoms with Crippen molar-refractivity contribution in [2.75, 3.05) is 20.1 Å². The summed E-state index contributed by atoms with van der Waals surface area (Å²) in [5.41, 5.74) is 0. The van der Waals surface area contributed by atoms with Gasteiger partial charge in [0, 0.05) is 32.6 Å². The molecule has 1 aliphatic carbocycles. The van der Waals surface area contributed by atoms with Gasteiger partial charge in [0.15, 0.2) is 0 Å². The number of hydrogen-bond donors (Lipinski definition) is 2. The Balaban J connectivity index is 1.82. The molecule has 3 atom stereocenters. The Hall–Kier alpha value is -1.26. The molecule has 5 nitrogen and oxygen atoms in total. The number of likely N-dealkylation sites (tertiary alicyclic amines) is 1. The molecule has 3 unspecified atom stereocenters. The summed E-state index contributed by atoms with van der Waals surface area (Å²) >= 11 is 0. The van der Waals surface area contributed by atoms with Gasteiger partial charge in [-0.1, -0.05) is 26.2 Å². The highest BCUT2D eigenvalue weighted by atomic mass is 16.2. The Kier molecular flexibility index (Phi) is 5.88. The summed E-state index contributed by atoms with van der Waals surface area (Å²) in [7, 11) is 1.62. The largest absolute Gasteiger partial charge is 0.341 e. The van der Waals surface area contributed by atoms with Crippen molar-refractivity contribution >= 4 is 11.9 Å². The normalized spacial score (nSPS) is 29.8. The molecule has 2 rings (SSSR count). The van der Waals surface area contributed by atoms with Gasteiger partial charge < -0.3 is 15.5 Å². The van der Waals surface area contributed by atoms with Crippen molar-refractivity contribution in [1.29, 1.82) is 0 Å². The number of amides is 3. The predicted molar refractivity (Wildman–Crippen MR) is 82.9 cm³/mol. The Morgan fingerprint density at radius 2 is 1.90 bits per heavy atom. The molecule has 0 aromatic heterocycles. The molecule has 1 heterocycles. The second kappa shape index (κ2) is 7.66. The van der Waals surface area contributed by atoms with Gasteiger partial charge >= 0.3 is 6.03 Å². The molecule has 0 radical (unpaired) electrons. The molecule has 0 spiro atoms. The SMILES string of the molecule is CNC(=O)NC1CCCN(C(=O)CC2CCCCC2C)C1. The van der Waals surface area contributed by atoms with Crippen LogP contribution in [0.5, 0.6) is 0 Å². The Morgan fingerprint density at radius 1 is 1.14 bits per heavy atom. The van der Waals surface area contributed by atoms with Gasteiger partial charge in [-0.15, -0.1) is 0 Å². The molecule has 2 N–H and O–H groups in total. The van der Waals surface area contributed by atoms with E-state index in [0.29, 0.717) is 24.8 Å². The second-order valence-corrected chi connectivity index (χ2v) is 6.63. The van der Waals surface area contributed by atoms with Gasteiger partial charge in [-0.25, -0.2) is 4.79 Å². The molecule has 120 valence electrons. The molecule has 21 heavy (non-hydrogen) atoms. The lowest BCUT2D eigenvalue weighted by molar-refractivity contribution is -0.134. The van der Waals surface area contributed by atoms with Crippen molar-refractivity contribution in [3.05, 3.63) is 0 Å². The van der Waals surface area contributed by atoms with Crippen LogP contribution < -0.4 is 10.6 Å². The zero-order valence-corrected chi connectivity index (χ0v) is 13.4. The molecule has 1 aliphatic heterocycles. The topological polar surface area (TPSA) is 61.4 Å². The first-order valence-corrected chi connectivity index (χ1v) is 8.36. The van der Waals surface area contributed by atoms with Crippen LogP contribution in [0.3, 0.4) is 0 Å². The minimum atomic E-state index is -0.157. The third kappa shape index (κ3) is 4.61. The molecule has 2 fully saturated rings. The molecule has 1 saturated carbocycles. The predicted octanol–water partition coefficient (Wildman–Crippen LogP) is 2.12. The number of carbonyl (C=O) groups excluding carboxylic acids is 2. The molecule has 3 amide bonds. The highest BCUT2D eigenvalue weighted by Crippen LogP contribution is 2.32. The van der Waals surface area contributed by atoms with Gasteiger partial charge in [-0.3, -0.25) is 4.79 Å². The van der Waals surface area contributed by atoms with Crippen LogP contribution in [0.1, 0.15) is 51.9 Å². The quantitative estimate of drug-likeness (QED) is 0.838. The molecular weight excluding hydrogens is 266 g/mol. The van der Waals surface area contributed by atoms with Gasteiger partial charge in [0.2, 0.25) is 5.91 Å². The molecule has 1 saturated heterocycles. The average molecular weight is 295 g/mol. The summed E-state index contributed by atoms with van der Waals surface area (Å²) in [5.74, 6) is 1.50. The van der Waals surface area contributed by atoms with Gasteiger partial charge in [0.05, 0.1) is 0 Å². The smallest absolute Gasteiger partial charge is 0.314 e. The summed E-state index contributed by atoms with van der Waals surface area (Å²) in [6.45, 7) is 3.78. The lowest BCUT2D eigenvalue weighted by Gasteiger charge is -2.35. The van der Waals surface area contributed by atoms with Crippen LogP contribution in [-0.4, -0.2) is 43.0 Å². The lowest BCUT2D eigenvalue weighted by Crippen LogP contribution is -2.51. The standard InChI is InChI=1S/C16H29N3O2/c1-12-6-3-4-7-13(12)10-15(20)19-9-5-8-14(11-19)18-16(21)17-2/h12-14H,3-11H2,1-2H3,(H2,17,18,21). The van der Waals surface area contributed by atoms with E-state index in [-0.39, 0.29) is 18.0 Å². The molecular formula is C16H29N3O2. The van der Waals surface area contributed by atoms with Gasteiger partial charge in [0.1, 0.15) is 0 Å². The number of piperidine rings is 1. The number of carbonyl (C=O) groups is 2. The lowest BCUT2D eigenvalue weighted by atomic mass is 9.78. The highest BCUT2D eigenvalue weighted by molar-refractivity contribution is 5.77. The fourth-order valence-electron chi connectivity index (χ4n) is 3.63. The van der Waals surface area contributed by atoms with Crippen LogP contribution in [0.25, 0.3) is 0 Å². The summed E-state index contributed by atoms with van der Waals surface area (Å²) in [5, 5.41) is 5.50. The maximum Gasteiger partial charge on any atom is 0.314 e. The second-order valence-electron chi connectivity index (χ2n) is 6.63. The number of nitrogens with one attached hydrogen (secondary N) is 2. The van der Waals surface area contributed by atoms with E-state index < -0.39 is 0 Å². The zero-order chi connectivity index (χ0) is 15.2. The average Bonchev–Trinajstić information content (AvgIpc) is 2.49. The van der Waals surface area contributed by atoms with E-state index in [4.69, 9.17) is 0 Å². The van der Waals surface area contributed by atoms with Crippen LogP contribution in [0.15, 0.2) is 0 Å². The van der Waals surface area contributed by atoms with Crippen molar-refractivity contribution < 1.29 is 9.59 Å². The van der Waals surface area contributed by atoms with Gasteiger partial charge in [-0.05, 0) is 31.1 Å².